The summed E-state index contributed by atoms with van der Waals surface area (Å²) in [5, 5.41) is 11.0. The van der Waals surface area contributed by atoms with Crippen molar-refractivity contribution in [3.63, 3.8) is 0 Å². The maximum absolute atomic E-state index is 14.0. The summed E-state index contributed by atoms with van der Waals surface area (Å²) < 4.78 is 14.0. The zero-order chi connectivity index (χ0) is 15.2. The molecule has 1 aromatic rings. The molecule has 0 spiro atoms. The molecule has 3 atom stereocenters. The molecule has 2 aliphatic rings. The molecule has 4 heteroatoms. The summed E-state index contributed by atoms with van der Waals surface area (Å²) in [6.45, 7) is 3.80. The molecule has 114 valence electrons. The van der Waals surface area contributed by atoms with Crippen molar-refractivity contribution in [2.24, 2.45) is 5.92 Å². The predicted molar refractivity (Wildman–Crippen MR) is 78.0 cm³/mol. The first-order valence-electron chi connectivity index (χ1n) is 7.72. The average molecular weight is 291 g/mol. The molecule has 1 N–H and O–H groups in total. The number of nitrogens with zero attached hydrogens (tertiary/aromatic N) is 1. The zero-order valence-electron chi connectivity index (χ0n) is 12.6. The number of hydrogen-bond donors (Lipinski definition) is 1. The van der Waals surface area contributed by atoms with Gasteiger partial charge in [-0.25, -0.2) is 4.39 Å². The van der Waals surface area contributed by atoms with E-state index in [1.165, 1.54) is 6.07 Å². The molecule has 1 unspecified atom stereocenters. The van der Waals surface area contributed by atoms with Gasteiger partial charge in [-0.1, -0.05) is 32.0 Å². The summed E-state index contributed by atoms with van der Waals surface area (Å²) in [4.78, 5) is 14.3. The molecule has 2 heterocycles. The fraction of sp³-hybridized carbons (Fsp3) is 0.588. The first-order chi connectivity index (χ1) is 9.92. The van der Waals surface area contributed by atoms with Gasteiger partial charge in [-0.05, 0) is 18.9 Å². The van der Waals surface area contributed by atoms with E-state index in [4.69, 9.17) is 0 Å². The van der Waals surface area contributed by atoms with Gasteiger partial charge in [0.1, 0.15) is 5.82 Å². The Hall–Kier alpha value is -1.42. The van der Waals surface area contributed by atoms with Crippen LogP contribution in [0.25, 0.3) is 0 Å². The Kier molecular flexibility index (Phi) is 3.52. The number of rotatable bonds is 2. The summed E-state index contributed by atoms with van der Waals surface area (Å²) in [7, 11) is 0. The number of aliphatic hydroxyl groups is 1. The van der Waals surface area contributed by atoms with Gasteiger partial charge in [0.25, 0.3) is 0 Å². The highest BCUT2D eigenvalue weighted by Crippen LogP contribution is 2.46. The van der Waals surface area contributed by atoms with Gasteiger partial charge in [0.2, 0.25) is 5.91 Å². The van der Waals surface area contributed by atoms with E-state index in [0.29, 0.717) is 18.4 Å². The first kappa shape index (κ1) is 14.5. The fourth-order valence-electron chi connectivity index (χ4n) is 3.94. The normalized spacial score (nSPS) is 31.8. The van der Waals surface area contributed by atoms with E-state index >= 15 is 0 Å². The van der Waals surface area contributed by atoms with Crippen molar-refractivity contribution in [1.29, 1.82) is 0 Å². The minimum atomic E-state index is -1.15. The molecule has 0 radical (unpaired) electrons. The number of carbonyl (C=O) groups is 1. The summed E-state index contributed by atoms with van der Waals surface area (Å²) >= 11 is 0. The number of halogens is 1. The maximum atomic E-state index is 14.0. The number of amides is 1. The van der Waals surface area contributed by atoms with Crippen LogP contribution < -0.4 is 0 Å². The number of fused-ring (bicyclic) bond motifs is 2. The van der Waals surface area contributed by atoms with Crippen molar-refractivity contribution in [2.75, 3.05) is 0 Å². The van der Waals surface area contributed by atoms with E-state index < -0.39 is 5.60 Å². The first-order valence-corrected chi connectivity index (χ1v) is 7.72. The summed E-state index contributed by atoms with van der Waals surface area (Å²) in [5.41, 5.74) is -0.774. The molecule has 0 aliphatic carbocycles. The molecular weight excluding hydrogens is 269 g/mol. The van der Waals surface area contributed by atoms with Gasteiger partial charge in [0, 0.05) is 36.4 Å². The van der Waals surface area contributed by atoms with Crippen LogP contribution in [-0.2, 0) is 10.4 Å². The van der Waals surface area contributed by atoms with E-state index in [0.717, 1.165) is 12.8 Å². The second-order valence-electron chi connectivity index (χ2n) is 6.70. The Morgan fingerprint density at radius 1 is 1.29 bits per heavy atom. The number of carbonyl (C=O) groups excluding carboxylic acids is 1. The third kappa shape index (κ3) is 2.35. The number of piperidine rings is 1. The fourth-order valence-corrected chi connectivity index (χ4v) is 3.94. The largest absolute Gasteiger partial charge is 0.385 e. The highest BCUT2D eigenvalue weighted by atomic mass is 19.1. The van der Waals surface area contributed by atoms with Crippen LogP contribution in [0.2, 0.25) is 0 Å². The molecule has 2 bridgehead atoms. The van der Waals surface area contributed by atoms with Gasteiger partial charge < -0.3 is 10.0 Å². The van der Waals surface area contributed by atoms with E-state index in [1.54, 1.807) is 18.2 Å². The molecule has 2 saturated heterocycles. The lowest BCUT2D eigenvalue weighted by Gasteiger charge is -2.44. The SMILES string of the molecule is CC(C)C(=O)N1[C@@H]2CC[C@H]1CC(O)(c1ccccc1F)C2. The van der Waals surface area contributed by atoms with Gasteiger partial charge in [-0.3, -0.25) is 4.79 Å². The van der Waals surface area contributed by atoms with Crippen LogP contribution >= 0.6 is 0 Å². The van der Waals surface area contributed by atoms with Gasteiger partial charge in [-0.2, -0.15) is 0 Å². The summed E-state index contributed by atoms with van der Waals surface area (Å²) in [6.07, 6.45) is 2.67. The van der Waals surface area contributed by atoms with Crippen LogP contribution in [0.3, 0.4) is 0 Å². The lowest BCUT2D eigenvalue weighted by molar-refractivity contribution is -0.145. The standard InChI is InChI=1S/C17H22FNO2/c1-11(2)16(20)19-12-7-8-13(19)10-17(21,9-12)14-5-3-4-6-15(14)18/h3-6,11-13,21H,7-10H2,1-2H3/t12-,13+,17?. The third-order valence-corrected chi connectivity index (χ3v) is 4.89. The number of benzene rings is 1. The Morgan fingerprint density at radius 2 is 1.86 bits per heavy atom. The minimum absolute atomic E-state index is 0.0308. The maximum Gasteiger partial charge on any atom is 0.225 e. The van der Waals surface area contributed by atoms with Crippen LogP contribution in [0.1, 0.15) is 45.1 Å². The Bertz CT molecular complexity index is 543. The molecule has 3 nitrogen and oxygen atoms in total. The molecule has 1 aromatic carbocycles. The van der Waals surface area contributed by atoms with Crippen LogP contribution in [-0.4, -0.2) is 28.0 Å². The Morgan fingerprint density at radius 3 is 2.38 bits per heavy atom. The summed E-state index contributed by atoms with van der Waals surface area (Å²) in [6, 6.07) is 6.50. The highest BCUT2D eigenvalue weighted by molar-refractivity contribution is 5.79. The van der Waals surface area contributed by atoms with Crippen molar-refractivity contribution >= 4 is 5.91 Å². The summed E-state index contributed by atoms with van der Waals surface area (Å²) in [5.74, 6) is -0.242. The lowest BCUT2D eigenvalue weighted by Crippen LogP contribution is -2.53. The monoisotopic (exact) mass is 291 g/mol. The van der Waals surface area contributed by atoms with Crippen molar-refractivity contribution in [2.45, 2.75) is 57.2 Å². The van der Waals surface area contributed by atoms with E-state index in [-0.39, 0.29) is 29.7 Å². The molecule has 2 fully saturated rings. The van der Waals surface area contributed by atoms with Crippen molar-refractivity contribution in [3.8, 4) is 0 Å². The second kappa shape index (κ2) is 5.09. The highest BCUT2D eigenvalue weighted by Gasteiger charge is 2.50. The van der Waals surface area contributed by atoms with Crippen LogP contribution in [0.5, 0.6) is 0 Å². The molecular formula is C17H22FNO2. The van der Waals surface area contributed by atoms with Crippen LogP contribution in [0.15, 0.2) is 24.3 Å². The molecule has 0 aromatic heterocycles. The zero-order valence-corrected chi connectivity index (χ0v) is 12.6. The molecule has 0 saturated carbocycles. The Labute approximate surface area is 124 Å². The van der Waals surface area contributed by atoms with Crippen LogP contribution in [0, 0.1) is 11.7 Å². The van der Waals surface area contributed by atoms with E-state index in [1.807, 2.05) is 18.7 Å². The van der Waals surface area contributed by atoms with Crippen LogP contribution in [0.4, 0.5) is 4.39 Å². The minimum Gasteiger partial charge on any atom is -0.385 e. The Balaban J connectivity index is 1.89. The molecule has 3 rings (SSSR count). The molecule has 1 amide bonds. The van der Waals surface area contributed by atoms with Gasteiger partial charge in [-0.15, -0.1) is 0 Å². The van der Waals surface area contributed by atoms with Crippen molar-refractivity contribution in [3.05, 3.63) is 35.6 Å². The quantitative estimate of drug-likeness (QED) is 0.910. The molecule has 2 aliphatic heterocycles. The van der Waals surface area contributed by atoms with Gasteiger partial charge >= 0.3 is 0 Å². The second-order valence-corrected chi connectivity index (χ2v) is 6.70. The van der Waals surface area contributed by atoms with Gasteiger partial charge in [0.05, 0.1) is 5.60 Å². The number of hydrogen-bond acceptors (Lipinski definition) is 2. The van der Waals surface area contributed by atoms with E-state index in [9.17, 15) is 14.3 Å². The predicted octanol–water partition coefficient (Wildman–Crippen LogP) is 2.82. The lowest BCUT2D eigenvalue weighted by atomic mass is 9.80. The van der Waals surface area contributed by atoms with Crippen molar-refractivity contribution < 1.29 is 14.3 Å². The third-order valence-electron chi connectivity index (χ3n) is 4.89. The van der Waals surface area contributed by atoms with E-state index in [2.05, 4.69) is 0 Å². The van der Waals surface area contributed by atoms with Gasteiger partial charge in [0.15, 0.2) is 0 Å². The topological polar surface area (TPSA) is 40.5 Å². The smallest absolute Gasteiger partial charge is 0.225 e. The van der Waals surface area contributed by atoms with Crippen molar-refractivity contribution in [1.82, 2.24) is 4.90 Å². The molecule has 21 heavy (non-hydrogen) atoms. The average Bonchev–Trinajstić information content (AvgIpc) is 2.71.